The molecule has 1 aromatic heterocycles. The van der Waals surface area contributed by atoms with Gasteiger partial charge in [0.1, 0.15) is 0 Å². The predicted molar refractivity (Wildman–Crippen MR) is 135 cm³/mol. The van der Waals surface area contributed by atoms with Crippen molar-refractivity contribution in [3.63, 3.8) is 0 Å². The van der Waals surface area contributed by atoms with E-state index >= 15 is 0 Å². The second-order valence-electron chi connectivity index (χ2n) is 9.49. The van der Waals surface area contributed by atoms with Gasteiger partial charge in [0, 0.05) is 36.4 Å². The molecule has 9 heteroatoms. The van der Waals surface area contributed by atoms with Gasteiger partial charge in [0.2, 0.25) is 10.0 Å². The molecule has 35 heavy (non-hydrogen) atoms. The summed E-state index contributed by atoms with van der Waals surface area (Å²) in [5.74, 6) is -0.542. The number of ether oxygens (including phenoxy) is 1. The number of esters is 1. The van der Waals surface area contributed by atoms with Crippen LogP contribution in [0.2, 0.25) is 0 Å². The van der Waals surface area contributed by atoms with Gasteiger partial charge in [0.05, 0.1) is 10.5 Å². The Labute approximate surface area is 205 Å². The van der Waals surface area contributed by atoms with E-state index in [2.05, 4.69) is 17.2 Å². The standard InChI is InChI=1S/C26H31N3O5S/c1-15-6-10-22-20(12-15)21-13-18(8-11-23(21)27-22)26(31)34-17(3)25(30)28-24-14-19(9-7-16(24)2)35(32,33)29(4)5/h7-9,11,13-15,17,27H,6,10,12H2,1-5H3,(H,28,30)/t15-,17-/m1/s1. The Balaban J connectivity index is 1.49. The number of carbonyl (C=O) groups is 2. The number of aromatic nitrogens is 1. The molecule has 2 atom stereocenters. The Morgan fingerprint density at radius 1 is 1.17 bits per heavy atom. The fraction of sp³-hybridized carbons (Fsp3) is 0.385. The molecule has 3 aromatic rings. The highest BCUT2D eigenvalue weighted by atomic mass is 32.2. The average molecular weight is 498 g/mol. The molecule has 2 aromatic carbocycles. The van der Waals surface area contributed by atoms with Gasteiger partial charge in [-0.1, -0.05) is 13.0 Å². The van der Waals surface area contributed by atoms with E-state index in [1.165, 1.54) is 44.4 Å². The number of rotatable bonds is 6. The van der Waals surface area contributed by atoms with Crippen molar-refractivity contribution in [3.05, 3.63) is 58.8 Å². The highest BCUT2D eigenvalue weighted by Gasteiger charge is 2.24. The molecular weight excluding hydrogens is 466 g/mol. The summed E-state index contributed by atoms with van der Waals surface area (Å²) in [6.45, 7) is 5.47. The lowest BCUT2D eigenvalue weighted by molar-refractivity contribution is -0.123. The van der Waals surface area contributed by atoms with Crippen molar-refractivity contribution < 1.29 is 22.7 Å². The van der Waals surface area contributed by atoms with E-state index in [9.17, 15) is 18.0 Å². The van der Waals surface area contributed by atoms with E-state index in [0.29, 0.717) is 22.7 Å². The topological polar surface area (TPSA) is 109 Å². The summed E-state index contributed by atoms with van der Waals surface area (Å²) >= 11 is 0. The van der Waals surface area contributed by atoms with Crippen LogP contribution in [0.1, 0.15) is 47.4 Å². The van der Waals surface area contributed by atoms with E-state index in [1.54, 1.807) is 19.1 Å². The van der Waals surface area contributed by atoms with Gasteiger partial charge in [0.25, 0.3) is 5.91 Å². The summed E-state index contributed by atoms with van der Waals surface area (Å²) in [7, 11) is -0.775. The summed E-state index contributed by atoms with van der Waals surface area (Å²) in [6, 6.07) is 9.91. The van der Waals surface area contributed by atoms with E-state index in [-0.39, 0.29) is 4.90 Å². The first kappa shape index (κ1) is 24.9. The highest BCUT2D eigenvalue weighted by Crippen LogP contribution is 2.32. The number of anilines is 1. The molecular formula is C26H31N3O5S. The normalized spacial score (nSPS) is 16.7. The molecule has 1 heterocycles. The van der Waals surface area contributed by atoms with E-state index in [4.69, 9.17) is 4.74 Å². The Morgan fingerprint density at radius 2 is 1.91 bits per heavy atom. The van der Waals surface area contributed by atoms with Crippen molar-refractivity contribution in [1.82, 2.24) is 9.29 Å². The Kier molecular flexibility index (Phi) is 6.75. The number of benzene rings is 2. The summed E-state index contributed by atoms with van der Waals surface area (Å²) in [4.78, 5) is 29.1. The number of hydrogen-bond acceptors (Lipinski definition) is 5. The zero-order chi connectivity index (χ0) is 25.5. The molecule has 0 bridgehead atoms. The van der Waals surface area contributed by atoms with Gasteiger partial charge >= 0.3 is 5.97 Å². The van der Waals surface area contributed by atoms with Gasteiger partial charge in [-0.05, 0) is 80.5 Å². The number of hydrogen-bond donors (Lipinski definition) is 2. The number of sulfonamides is 1. The van der Waals surface area contributed by atoms with Crippen LogP contribution in [0.15, 0.2) is 41.3 Å². The third-order valence-corrected chi connectivity index (χ3v) is 8.38. The number of aromatic amines is 1. The van der Waals surface area contributed by atoms with E-state index in [0.717, 1.165) is 34.5 Å². The van der Waals surface area contributed by atoms with Gasteiger partial charge in [-0.3, -0.25) is 4.79 Å². The van der Waals surface area contributed by atoms with E-state index < -0.39 is 28.0 Å². The van der Waals surface area contributed by atoms with Crippen LogP contribution in [-0.2, 0) is 32.4 Å². The lowest BCUT2D eigenvalue weighted by Crippen LogP contribution is -2.30. The molecule has 0 fully saturated rings. The maximum atomic E-state index is 12.8. The molecule has 0 saturated carbocycles. The quantitative estimate of drug-likeness (QED) is 0.500. The predicted octanol–water partition coefficient (Wildman–Crippen LogP) is 4.04. The molecule has 8 nitrogen and oxygen atoms in total. The molecule has 0 spiro atoms. The second-order valence-corrected chi connectivity index (χ2v) is 11.6. The van der Waals surface area contributed by atoms with E-state index in [1.807, 2.05) is 12.1 Å². The SMILES string of the molecule is Cc1ccc(S(=O)(=O)N(C)C)cc1NC(=O)[C@@H](C)OC(=O)c1ccc2[nH]c3c(c2c1)C[C@H](C)CC3. The largest absolute Gasteiger partial charge is 0.449 e. The molecule has 0 radical (unpaired) electrons. The van der Waals surface area contributed by atoms with Crippen LogP contribution in [0.3, 0.4) is 0 Å². The van der Waals surface area contributed by atoms with Crippen LogP contribution in [0.25, 0.3) is 10.9 Å². The number of nitrogens with zero attached hydrogens (tertiary/aromatic N) is 1. The first-order valence-electron chi connectivity index (χ1n) is 11.7. The van der Waals surface area contributed by atoms with Crippen LogP contribution >= 0.6 is 0 Å². The molecule has 0 unspecified atom stereocenters. The first-order chi connectivity index (χ1) is 16.5. The number of fused-ring (bicyclic) bond motifs is 3. The smallest absolute Gasteiger partial charge is 0.338 e. The maximum Gasteiger partial charge on any atom is 0.338 e. The number of aryl methyl sites for hydroxylation is 2. The summed E-state index contributed by atoms with van der Waals surface area (Å²) < 4.78 is 31.4. The lowest BCUT2D eigenvalue weighted by Gasteiger charge is -2.18. The Hall–Kier alpha value is -3.17. The third kappa shape index (κ3) is 4.97. The average Bonchev–Trinajstić information content (AvgIpc) is 3.17. The summed E-state index contributed by atoms with van der Waals surface area (Å²) in [6.07, 6.45) is 2.03. The monoisotopic (exact) mass is 497 g/mol. The third-order valence-electron chi connectivity index (χ3n) is 6.57. The van der Waals surface area contributed by atoms with Crippen molar-refractivity contribution in [2.75, 3.05) is 19.4 Å². The molecule has 1 aliphatic rings. The fourth-order valence-electron chi connectivity index (χ4n) is 4.34. The molecule has 1 aliphatic carbocycles. The van der Waals surface area contributed by atoms with Crippen LogP contribution in [0.4, 0.5) is 5.69 Å². The van der Waals surface area contributed by atoms with Gasteiger partial charge in [-0.2, -0.15) is 0 Å². The maximum absolute atomic E-state index is 12.8. The lowest BCUT2D eigenvalue weighted by atomic mass is 9.87. The van der Waals surface area contributed by atoms with Gasteiger partial charge in [0.15, 0.2) is 6.10 Å². The molecule has 2 N–H and O–H groups in total. The van der Waals surface area contributed by atoms with Crippen molar-refractivity contribution >= 4 is 38.5 Å². The van der Waals surface area contributed by atoms with Crippen LogP contribution in [0, 0.1) is 12.8 Å². The number of carbonyl (C=O) groups excluding carboxylic acids is 2. The highest BCUT2D eigenvalue weighted by molar-refractivity contribution is 7.89. The molecule has 1 amide bonds. The van der Waals surface area contributed by atoms with Gasteiger partial charge in [-0.25, -0.2) is 17.5 Å². The van der Waals surface area contributed by atoms with Crippen molar-refractivity contribution in [2.45, 2.75) is 51.0 Å². The zero-order valence-electron chi connectivity index (χ0n) is 20.6. The fourth-order valence-corrected chi connectivity index (χ4v) is 5.27. The molecule has 0 aliphatic heterocycles. The van der Waals surface area contributed by atoms with Crippen LogP contribution < -0.4 is 5.32 Å². The van der Waals surface area contributed by atoms with Crippen LogP contribution in [0.5, 0.6) is 0 Å². The van der Waals surface area contributed by atoms with Gasteiger partial charge in [-0.15, -0.1) is 0 Å². The zero-order valence-corrected chi connectivity index (χ0v) is 21.5. The molecule has 0 saturated heterocycles. The second kappa shape index (κ2) is 9.47. The molecule has 186 valence electrons. The Bertz CT molecular complexity index is 1410. The first-order valence-corrected chi connectivity index (χ1v) is 13.1. The minimum atomic E-state index is -3.66. The number of H-pyrrole nitrogens is 1. The minimum Gasteiger partial charge on any atom is -0.449 e. The Morgan fingerprint density at radius 3 is 2.63 bits per heavy atom. The van der Waals surface area contributed by atoms with Crippen LogP contribution in [-0.4, -0.2) is 49.8 Å². The minimum absolute atomic E-state index is 0.0607. The van der Waals surface area contributed by atoms with Crippen molar-refractivity contribution in [1.29, 1.82) is 0 Å². The number of amides is 1. The van der Waals surface area contributed by atoms with Crippen molar-refractivity contribution in [2.24, 2.45) is 5.92 Å². The summed E-state index contributed by atoms with van der Waals surface area (Å²) in [5.41, 5.74) is 4.89. The number of nitrogens with one attached hydrogen (secondary N) is 2. The van der Waals surface area contributed by atoms with Crippen molar-refractivity contribution in [3.8, 4) is 0 Å². The van der Waals surface area contributed by atoms with Gasteiger partial charge < -0.3 is 15.0 Å². The molecule has 4 rings (SSSR count). The summed E-state index contributed by atoms with van der Waals surface area (Å²) in [5, 5.41) is 3.71.